The van der Waals surface area contributed by atoms with Crippen molar-refractivity contribution < 1.29 is 9.53 Å². The SMILES string of the molecule is O=C(NC1CCCCC1)c1cccc(OCBr)c1. The van der Waals surface area contributed by atoms with Crippen molar-refractivity contribution in [3.05, 3.63) is 29.8 Å². The second kappa shape index (κ2) is 6.78. The normalized spacial score (nSPS) is 16.3. The third kappa shape index (κ3) is 3.73. The topological polar surface area (TPSA) is 38.3 Å². The van der Waals surface area contributed by atoms with Gasteiger partial charge in [0, 0.05) is 11.6 Å². The zero-order valence-corrected chi connectivity index (χ0v) is 11.9. The van der Waals surface area contributed by atoms with Gasteiger partial charge in [-0.3, -0.25) is 4.79 Å². The number of carbonyl (C=O) groups excluding carboxylic acids is 1. The number of halogens is 1. The van der Waals surface area contributed by atoms with Crippen LogP contribution in [0, 0.1) is 0 Å². The van der Waals surface area contributed by atoms with Gasteiger partial charge in [-0.1, -0.05) is 25.3 Å². The molecule has 1 aliphatic carbocycles. The summed E-state index contributed by atoms with van der Waals surface area (Å²) in [5.41, 5.74) is 1.10. The molecule has 18 heavy (non-hydrogen) atoms. The second-order valence-corrected chi connectivity index (χ2v) is 5.05. The Balaban J connectivity index is 1.96. The first kappa shape index (κ1) is 13.4. The van der Waals surface area contributed by atoms with Crippen molar-refractivity contribution in [2.45, 2.75) is 38.1 Å². The van der Waals surface area contributed by atoms with Crippen LogP contribution in [0.5, 0.6) is 5.75 Å². The van der Waals surface area contributed by atoms with Crippen LogP contribution < -0.4 is 10.1 Å². The lowest BCUT2D eigenvalue weighted by molar-refractivity contribution is 0.0927. The summed E-state index contributed by atoms with van der Waals surface area (Å²) in [6, 6.07) is 7.62. The maximum atomic E-state index is 12.1. The average Bonchev–Trinajstić information content (AvgIpc) is 2.40. The molecular weight excluding hydrogens is 294 g/mol. The van der Waals surface area contributed by atoms with Crippen LogP contribution in [0.15, 0.2) is 24.3 Å². The number of alkyl halides is 1. The summed E-state index contributed by atoms with van der Waals surface area (Å²) in [5.74, 6) is 0.713. The zero-order chi connectivity index (χ0) is 12.8. The first-order valence-electron chi connectivity index (χ1n) is 6.39. The Hall–Kier alpha value is -1.03. The molecule has 1 saturated carbocycles. The largest absolute Gasteiger partial charge is 0.482 e. The lowest BCUT2D eigenvalue weighted by atomic mass is 9.95. The monoisotopic (exact) mass is 311 g/mol. The molecule has 0 heterocycles. The lowest BCUT2D eigenvalue weighted by Gasteiger charge is -2.22. The van der Waals surface area contributed by atoms with Gasteiger partial charge in [-0.15, -0.1) is 0 Å². The number of nitrogens with one attached hydrogen (secondary N) is 1. The number of ether oxygens (including phenoxy) is 1. The summed E-state index contributed by atoms with van der Waals surface area (Å²) in [7, 11) is 0. The molecule has 1 fully saturated rings. The summed E-state index contributed by atoms with van der Waals surface area (Å²) in [6.45, 7) is 0. The third-order valence-corrected chi connectivity index (χ3v) is 3.49. The minimum atomic E-state index is 0.00178. The summed E-state index contributed by atoms with van der Waals surface area (Å²) < 4.78 is 5.32. The molecule has 0 unspecified atom stereocenters. The summed E-state index contributed by atoms with van der Waals surface area (Å²) >= 11 is 3.20. The van der Waals surface area contributed by atoms with Gasteiger partial charge >= 0.3 is 0 Å². The van der Waals surface area contributed by atoms with E-state index in [1.807, 2.05) is 18.2 Å². The van der Waals surface area contributed by atoms with E-state index in [4.69, 9.17) is 4.74 Å². The molecule has 0 saturated heterocycles. The fourth-order valence-electron chi connectivity index (χ4n) is 2.31. The van der Waals surface area contributed by atoms with Crippen LogP contribution in [0.1, 0.15) is 42.5 Å². The molecule has 0 radical (unpaired) electrons. The smallest absolute Gasteiger partial charge is 0.251 e. The van der Waals surface area contributed by atoms with Gasteiger partial charge in [-0.05, 0) is 47.0 Å². The highest BCUT2D eigenvalue weighted by atomic mass is 79.9. The number of benzene rings is 1. The molecule has 98 valence electrons. The molecule has 1 aromatic carbocycles. The van der Waals surface area contributed by atoms with Gasteiger partial charge in [0.05, 0.1) is 0 Å². The number of carbonyl (C=O) groups is 1. The van der Waals surface area contributed by atoms with Gasteiger partial charge in [-0.25, -0.2) is 0 Å². The number of rotatable bonds is 4. The highest BCUT2D eigenvalue weighted by Crippen LogP contribution is 2.19. The highest BCUT2D eigenvalue weighted by molar-refractivity contribution is 9.09. The van der Waals surface area contributed by atoms with Gasteiger partial charge < -0.3 is 10.1 Å². The molecule has 0 aromatic heterocycles. The van der Waals surface area contributed by atoms with E-state index >= 15 is 0 Å². The quantitative estimate of drug-likeness (QED) is 0.865. The molecule has 1 aliphatic rings. The van der Waals surface area contributed by atoms with Crippen LogP contribution in [0.4, 0.5) is 0 Å². The first-order valence-corrected chi connectivity index (χ1v) is 7.51. The number of hydrogen-bond acceptors (Lipinski definition) is 2. The summed E-state index contributed by atoms with van der Waals surface area (Å²) in [4.78, 5) is 12.1. The minimum absolute atomic E-state index is 0.00178. The Morgan fingerprint density at radius 2 is 2.11 bits per heavy atom. The Morgan fingerprint density at radius 3 is 2.83 bits per heavy atom. The van der Waals surface area contributed by atoms with E-state index in [0.717, 1.165) is 12.8 Å². The van der Waals surface area contributed by atoms with Crippen LogP contribution in [0.3, 0.4) is 0 Å². The highest BCUT2D eigenvalue weighted by Gasteiger charge is 2.16. The molecule has 1 aromatic rings. The fraction of sp³-hybridized carbons (Fsp3) is 0.500. The van der Waals surface area contributed by atoms with Gasteiger partial charge in [-0.2, -0.15) is 0 Å². The van der Waals surface area contributed by atoms with Crippen molar-refractivity contribution in [2.75, 3.05) is 5.52 Å². The third-order valence-electron chi connectivity index (χ3n) is 3.26. The van der Waals surface area contributed by atoms with E-state index in [-0.39, 0.29) is 5.91 Å². The van der Waals surface area contributed by atoms with Gasteiger partial charge in [0.15, 0.2) is 0 Å². The molecule has 0 bridgehead atoms. The molecule has 4 heteroatoms. The van der Waals surface area contributed by atoms with Crippen molar-refractivity contribution in [1.29, 1.82) is 0 Å². The molecular formula is C14H18BrNO2. The van der Waals surface area contributed by atoms with Crippen molar-refractivity contribution in [3.8, 4) is 5.75 Å². The van der Waals surface area contributed by atoms with Gasteiger partial charge in [0.25, 0.3) is 5.91 Å². The van der Waals surface area contributed by atoms with E-state index in [1.54, 1.807) is 6.07 Å². The Bertz CT molecular complexity index is 403. The van der Waals surface area contributed by atoms with Crippen LogP contribution in [0.2, 0.25) is 0 Å². The van der Waals surface area contributed by atoms with Gasteiger partial charge in [0.2, 0.25) is 0 Å². The van der Waals surface area contributed by atoms with Crippen molar-refractivity contribution in [3.63, 3.8) is 0 Å². The molecule has 0 atom stereocenters. The standard InChI is InChI=1S/C14H18BrNO2/c15-10-18-13-8-4-5-11(9-13)14(17)16-12-6-2-1-3-7-12/h4-5,8-9,12H,1-3,6-7,10H2,(H,16,17). The van der Waals surface area contributed by atoms with Crippen LogP contribution in [0.25, 0.3) is 0 Å². The Kier molecular flexibility index (Phi) is 5.05. The maximum absolute atomic E-state index is 12.1. The van der Waals surface area contributed by atoms with Crippen LogP contribution in [-0.4, -0.2) is 17.5 Å². The predicted octanol–water partition coefficient (Wildman–Crippen LogP) is 3.48. The maximum Gasteiger partial charge on any atom is 0.251 e. The molecule has 1 N–H and O–H groups in total. The van der Waals surface area contributed by atoms with Crippen molar-refractivity contribution >= 4 is 21.8 Å². The van der Waals surface area contributed by atoms with E-state index in [1.165, 1.54) is 19.3 Å². The molecule has 2 rings (SSSR count). The summed E-state index contributed by atoms with van der Waals surface area (Å²) in [5, 5.41) is 3.10. The van der Waals surface area contributed by atoms with Crippen molar-refractivity contribution in [1.82, 2.24) is 5.32 Å². The van der Waals surface area contributed by atoms with E-state index in [9.17, 15) is 4.79 Å². The fourth-order valence-corrected chi connectivity index (χ4v) is 2.57. The van der Waals surface area contributed by atoms with E-state index in [0.29, 0.717) is 22.9 Å². The van der Waals surface area contributed by atoms with Crippen molar-refractivity contribution in [2.24, 2.45) is 0 Å². The summed E-state index contributed by atoms with van der Waals surface area (Å²) in [6.07, 6.45) is 5.93. The molecule has 0 spiro atoms. The van der Waals surface area contributed by atoms with Crippen LogP contribution in [-0.2, 0) is 0 Å². The molecule has 3 nitrogen and oxygen atoms in total. The van der Waals surface area contributed by atoms with Crippen LogP contribution >= 0.6 is 15.9 Å². The zero-order valence-electron chi connectivity index (χ0n) is 10.3. The first-order chi connectivity index (χ1) is 8.79. The molecule has 0 aliphatic heterocycles. The number of hydrogen-bond donors (Lipinski definition) is 1. The Labute approximate surface area is 116 Å². The second-order valence-electron chi connectivity index (χ2n) is 4.59. The van der Waals surface area contributed by atoms with E-state index in [2.05, 4.69) is 21.2 Å². The molecule has 1 amide bonds. The minimum Gasteiger partial charge on any atom is -0.482 e. The van der Waals surface area contributed by atoms with Gasteiger partial charge in [0.1, 0.15) is 11.3 Å². The Morgan fingerprint density at radius 1 is 1.33 bits per heavy atom. The average molecular weight is 312 g/mol. The number of amides is 1. The lowest BCUT2D eigenvalue weighted by Crippen LogP contribution is -2.36. The predicted molar refractivity (Wildman–Crippen MR) is 75.2 cm³/mol. The van der Waals surface area contributed by atoms with E-state index < -0.39 is 0 Å².